The predicted octanol–water partition coefficient (Wildman–Crippen LogP) is 3.50. The standard InChI is InChI=1S/C19H14ClN5O2/c20-15-6-2-1-5-14(15)18-10-9-13(27-18)11-21-23-19(26)12-25-17-8-4-3-7-16(17)22-24-25/h1-11H,12H2,(H,23,26). The van der Waals surface area contributed by atoms with Crippen molar-refractivity contribution in [2.24, 2.45) is 5.10 Å². The van der Waals surface area contributed by atoms with Crippen LogP contribution in [0.1, 0.15) is 5.76 Å². The van der Waals surface area contributed by atoms with E-state index in [2.05, 4.69) is 20.8 Å². The lowest BCUT2D eigenvalue weighted by molar-refractivity contribution is -0.121. The van der Waals surface area contributed by atoms with Gasteiger partial charge in [0.2, 0.25) is 0 Å². The minimum atomic E-state index is -0.320. The molecule has 0 saturated carbocycles. The van der Waals surface area contributed by atoms with Crippen LogP contribution in [0.2, 0.25) is 5.02 Å². The largest absolute Gasteiger partial charge is 0.455 e. The number of fused-ring (bicyclic) bond motifs is 1. The van der Waals surface area contributed by atoms with Crippen molar-refractivity contribution in [2.75, 3.05) is 0 Å². The van der Waals surface area contributed by atoms with Gasteiger partial charge in [-0.2, -0.15) is 5.10 Å². The Kier molecular flexibility index (Phi) is 4.67. The molecule has 27 heavy (non-hydrogen) atoms. The van der Waals surface area contributed by atoms with E-state index in [4.69, 9.17) is 16.0 Å². The summed E-state index contributed by atoms with van der Waals surface area (Å²) in [6, 6.07) is 18.4. The summed E-state index contributed by atoms with van der Waals surface area (Å²) in [5, 5.41) is 12.5. The molecule has 0 spiro atoms. The Balaban J connectivity index is 1.39. The van der Waals surface area contributed by atoms with Gasteiger partial charge in [-0.25, -0.2) is 10.1 Å². The van der Waals surface area contributed by atoms with Crippen molar-refractivity contribution in [2.45, 2.75) is 6.54 Å². The Morgan fingerprint density at radius 2 is 1.96 bits per heavy atom. The number of rotatable bonds is 5. The molecular formula is C19H14ClN5O2. The monoisotopic (exact) mass is 379 g/mol. The van der Waals surface area contributed by atoms with E-state index in [9.17, 15) is 4.79 Å². The Morgan fingerprint density at radius 3 is 2.85 bits per heavy atom. The number of hydrazone groups is 1. The highest BCUT2D eigenvalue weighted by molar-refractivity contribution is 6.33. The Hall–Kier alpha value is -3.45. The van der Waals surface area contributed by atoms with E-state index < -0.39 is 0 Å². The van der Waals surface area contributed by atoms with Crippen molar-refractivity contribution in [3.05, 3.63) is 71.4 Å². The van der Waals surface area contributed by atoms with E-state index in [0.717, 1.165) is 16.6 Å². The fraction of sp³-hybridized carbons (Fsp3) is 0.0526. The van der Waals surface area contributed by atoms with Crippen LogP contribution >= 0.6 is 11.6 Å². The maximum absolute atomic E-state index is 12.1. The molecule has 0 aliphatic rings. The Bertz CT molecular complexity index is 1130. The van der Waals surface area contributed by atoms with Crippen LogP contribution in [0.4, 0.5) is 0 Å². The topological polar surface area (TPSA) is 85.3 Å². The van der Waals surface area contributed by atoms with Gasteiger partial charge in [0.25, 0.3) is 5.91 Å². The first kappa shape index (κ1) is 17.0. The van der Waals surface area contributed by atoms with Crippen molar-refractivity contribution < 1.29 is 9.21 Å². The van der Waals surface area contributed by atoms with Gasteiger partial charge in [0.1, 0.15) is 23.6 Å². The zero-order chi connectivity index (χ0) is 18.6. The lowest BCUT2D eigenvalue weighted by Gasteiger charge is -2.00. The van der Waals surface area contributed by atoms with E-state index in [1.807, 2.05) is 42.5 Å². The Morgan fingerprint density at radius 1 is 1.15 bits per heavy atom. The maximum atomic E-state index is 12.1. The van der Waals surface area contributed by atoms with Gasteiger partial charge < -0.3 is 4.42 Å². The third-order valence-corrected chi connectivity index (χ3v) is 4.19. The van der Waals surface area contributed by atoms with E-state index in [0.29, 0.717) is 16.5 Å². The SMILES string of the molecule is O=C(Cn1nnc2ccccc21)NN=Cc1ccc(-c2ccccc2Cl)o1. The summed E-state index contributed by atoms with van der Waals surface area (Å²) in [6.07, 6.45) is 1.43. The number of nitrogens with one attached hydrogen (secondary N) is 1. The maximum Gasteiger partial charge on any atom is 0.261 e. The summed E-state index contributed by atoms with van der Waals surface area (Å²) in [5.41, 5.74) is 4.76. The molecule has 2 heterocycles. The molecule has 0 aliphatic carbocycles. The van der Waals surface area contributed by atoms with Crippen molar-refractivity contribution in [3.63, 3.8) is 0 Å². The number of halogens is 1. The smallest absolute Gasteiger partial charge is 0.261 e. The van der Waals surface area contributed by atoms with Crippen LogP contribution in [-0.4, -0.2) is 27.1 Å². The first-order chi connectivity index (χ1) is 13.2. The van der Waals surface area contributed by atoms with Crippen LogP contribution in [0.3, 0.4) is 0 Å². The number of carbonyl (C=O) groups excluding carboxylic acids is 1. The zero-order valence-corrected chi connectivity index (χ0v) is 14.8. The third-order valence-electron chi connectivity index (χ3n) is 3.86. The molecular weight excluding hydrogens is 366 g/mol. The molecule has 0 saturated heterocycles. The molecule has 4 rings (SSSR count). The van der Waals surface area contributed by atoms with Gasteiger partial charge in [0.15, 0.2) is 0 Å². The van der Waals surface area contributed by atoms with Gasteiger partial charge in [-0.3, -0.25) is 4.79 Å². The molecule has 2 aromatic carbocycles. The molecule has 0 fully saturated rings. The number of hydrogen-bond acceptors (Lipinski definition) is 5. The van der Waals surface area contributed by atoms with E-state index in [1.54, 1.807) is 18.2 Å². The summed E-state index contributed by atoms with van der Waals surface area (Å²) < 4.78 is 7.20. The van der Waals surface area contributed by atoms with Crippen LogP contribution < -0.4 is 5.43 Å². The molecule has 0 bridgehead atoms. The second-order valence-corrected chi connectivity index (χ2v) is 6.12. The van der Waals surface area contributed by atoms with Gasteiger partial charge in [-0.15, -0.1) is 5.10 Å². The van der Waals surface area contributed by atoms with Crippen LogP contribution in [-0.2, 0) is 11.3 Å². The van der Waals surface area contributed by atoms with Gasteiger partial charge in [-0.1, -0.05) is 41.1 Å². The quantitative estimate of drug-likeness (QED) is 0.425. The number of furan rings is 1. The number of aromatic nitrogens is 3. The molecule has 0 aliphatic heterocycles. The second kappa shape index (κ2) is 7.43. The van der Waals surface area contributed by atoms with Crippen molar-refractivity contribution >= 4 is 34.8 Å². The van der Waals surface area contributed by atoms with Crippen LogP contribution in [0.5, 0.6) is 0 Å². The molecule has 1 N–H and O–H groups in total. The number of carbonyl (C=O) groups is 1. The molecule has 0 radical (unpaired) electrons. The zero-order valence-electron chi connectivity index (χ0n) is 14.0. The minimum Gasteiger partial charge on any atom is -0.455 e. The summed E-state index contributed by atoms with van der Waals surface area (Å²) in [6.45, 7) is 0.0148. The summed E-state index contributed by atoms with van der Waals surface area (Å²) in [4.78, 5) is 12.1. The highest BCUT2D eigenvalue weighted by Gasteiger charge is 2.09. The number of hydrogen-bond donors (Lipinski definition) is 1. The lowest BCUT2D eigenvalue weighted by Crippen LogP contribution is -2.23. The molecule has 7 nitrogen and oxygen atoms in total. The average molecular weight is 380 g/mol. The number of benzene rings is 2. The average Bonchev–Trinajstić information content (AvgIpc) is 3.30. The number of para-hydroxylation sites is 1. The van der Waals surface area contributed by atoms with Gasteiger partial charge >= 0.3 is 0 Å². The number of nitrogens with zero attached hydrogens (tertiary/aromatic N) is 4. The molecule has 1 amide bonds. The van der Waals surface area contributed by atoms with E-state index in [-0.39, 0.29) is 12.5 Å². The lowest BCUT2D eigenvalue weighted by atomic mass is 10.2. The second-order valence-electron chi connectivity index (χ2n) is 5.71. The molecule has 2 aromatic heterocycles. The first-order valence-corrected chi connectivity index (χ1v) is 8.53. The summed E-state index contributed by atoms with van der Waals surface area (Å²) in [5.74, 6) is 0.804. The van der Waals surface area contributed by atoms with Crippen LogP contribution in [0, 0.1) is 0 Å². The predicted molar refractivity (Wildman–Crippen MR) is 102 cm³/mol. The van der Waals surface area contributed by atoms with Crippen molar-refractivity contribution in [1.29, 1.82) is 0 Å². The highest BCUT2D eigenvalue weighted by atomic mass is 35.5. The Labute approximate surface area is 159 Å². The fourth-order valence-electron chi connectivity index (χ4n) is 2.60. The molecule has 8 heteroatoms. The normalized spacial score (nSPS) is 11.3. The molecule has 0 atom stereocenters. The minimum absolute atomic E-state index is 0.0148. The van der Waals surface area contributed by atoms with Crippen LogP contribution in [0.15, 0.2) is 70.2 Å². The van der Waals surface area contributed by atoms with Gasteiger partial charge in [-0.05, 0) is 36.4 Å². The van der Waals surface area contributed by atoms with Crippen LogP contribution in [0.25, 0.3) is 22.4 Å². The number of amides is 1. The van der Waals surface area contributed by atoms with E-state index in [1.165, 1.54) is 10.9 Å². The van der Waals surface area contributed by atoms with Gasteiger partial charge in [0, 0.05) is 5.56 Å². The molecule has 4 aromatic rings. The van der Waals surface area contributed by atoms with Crippen molar-refractivity contribution in [1.82, 2.24) is 20.4 Å². The first-order valence-electron chi connectivity index (χ1n) is 8.15. The fourth-order valence-corrected chi connectivity index (χ4v) is 2.83. The summed E-state index contributed by atoms with van der Waals surface area (Å²) >= 11 is 6.16. The molecule has 0 unspecified atom stereocenters. The van der Waals surface area contributed by atoms with E-state index >= 15 is 0 Å². The van der Waals surface area contributed by atoms with Crippen molar-refractivity contribution in [3.8, 4) is 11.3 Å². The molecule has 134 valence electrons. The third kappa shape index (κ3) is 3.73. The summed E-state index contributed by atoms with van der Waals surface area (Å²) in [7, 11) is 0. The van der Waals surface area contributed by atoms with Gasteiger partial charge in [0.05, 0.1) is 16.8 Å². The highest BCUT2D eigenvalue weighted by Crippen LogP contribution is 2.28.